The predicted octanol–water partition coefficient (Wildman–Crippen LogP) is 3.64. The third-order valence-electron chi connectivity index (χ3n) is 3.53. The molecular weight excluding hydrogens is 248 g/mol. The van der Waals surface area contributed by atoms with Crippen LogP contribution in [0.4, 0.5) is 0 Å². The van der Waals surface area contributed by atoms with Gasteiger partial charge < -0.3 is 10.1 Å². The lowest BCUT2D eigenvalue weighted by Gasteiger charge is -2.15. The first-order valence-corrected chi connectivity index (χ1v) is 7.05. The van der Waals surface area contributed by atoms with Crippen molar-refractivity contribution < 1.29 is 4.74 Å². The summed E-state index contributed by atoms with van der Waals surface area (Å²) < 4.78 is 5.79. The number of hydrogen-bond acceptors (Lipinski definition) is 3. The monoisotopic (exact) mass is 270 g/mol. The quantitative estimate of drug-likeness (QED) is 0.870. The third kappa shape index (κ3) is 3.58. The highest BCUT2D eigenvalue weighted by Crippen LogP contribution is 2.20. The van der Waals surface area contributed by atoms with Gasteiger partial charge in [0, 0.05) is 12.2 Å². The molecule has 1 unspecified atom stereocenters. The van der Waals surface area contributed by atoms with Crippen LogP contribution in [0.15, 0.2) is 42.6 Å². The molecule has 1 N–H and O–H groups in total. The van der Waals surface area contributed by atoms with E-state index in [1.165, 1.54) is 5.56 Å². The standard InChI is InChI=1S/C17H22N2O/c1-4-16(18-3)14-7-9-15(10-8-14)20-12-17-13(2)6-5-11-19-17/h5-11,16,18H,4,12H2,1-3H3. The Morgan fingerprint density at radius 1 is 1.20 bits per heavy atom. The number of aryl methyl sites for hydroxylation is 1. The smallest absolute Gasteiger partial charge is 0.130 e. The zero-order chi connectivity index (χ0) is 14.4. The molecule has 1 aromatic heterocycles. The van der Waals surface area contributed by atoms with E-state index in [2.05, 4.69) is 29.4 Å². The fourth-order valence-corrected chi connectivity index (χ4v) is 2.22. The van der Waals surface area contributed by atoms with Crippen molar-refractivity contribution in [1.29, 1.82) is 0 Å². The Balaban J connectivity index is 1.99. The molecule has 20 heavy (non-hydrogen) atoms. The Morgan fingerprint density at radius 2 is 1.95 bits per heavy atom. The van der Waals surface area contributed by atoms with Gasteiger partial charge in [-0.15, -0.1) is 0 Å². The first kappa shape index (κ1) is 14.5. The van der Waals surface area contributed by atoms with Crippen LogP contribution in [-0.2, 0) is 6.61 Å². The van der Waals surface area contributed by atoms with Crippen LogP contribution in [0.2, 0.25) is 0 Å². The molecule has 0 radical (unpaired) electrons. The van der Waals surface area contributed by atoms with Crippen LogP contribution in [-0.4, -0.2) is 12.0 Å². The zero-order valence-electron chi connectivity index (χ0n) is 12.4. The van der Waals surface area contributed by atoms with Gasteiger partial charge in [-0.25, -0.2) is 0 Å². The molecule has 0 saturated heterocycles. The number of nitrogens with zero attached hydrogens (tertiary/aromatic N) is 1. The molecule has 3 heteroatoms. The van der Waals surface area contributed by atoms with E-state index in [0.29, 0.717) is 12.6 Å². The first-order chi connectivity index (χ1) is 9.74. The second-order valence-electron chi connectivity index (χ2n) is 4.87. The van der Waals surface area contributed by atoms with Gasteiger partial charge in [0.15, 0.2) is 0 Å². The van der Waals surface area contributed by atoms with Crippen molar-refractivity contribution in [3.8, 4) is 5.75 Å². The molecule has 0 aliphatic heterocycles. The van der Waals surface area contributed by atoms with Crippen molar-refractivity contribution in [2.75, 3.05) is 7.05 Å². The highest BCUT2D eigenvalue weighted by molar-refractivity contribution is 5.29. The molecule has 2 aromatic rings. The number of hydrogen-bond donors (Lipinski definition) is 1. The molecule has 1 aromatic carbocycles. The largest absolute Gasteiger partial charge is 0.487 e. The van der Waals surface area contributed by atoms with Crippen LogP contribution in [0.3, 0.4) is 0 Å². The van der Waals surface area contributed by atoms with Crippen molar-refractivity contribution in [1.82, 2.24) is 10.3 Å². The number of aromatic nitrogens is 1. The lowest BCUT2D eigenvalue weighted by atomic mass is 10.0. The van der Waals surface area contributed by atoms with Crippen LogP contribution in [0, 0.1) is 6.92 Å². The summed E-state index contributed by atoms with van der Waals surface area (Å²) in [5.41, 5.74) is 3.43. The van der Waals surface area contributed by atoms with E-state index in [0.717, 1.165) is 23.4 Å². The van der Waals surface area contributed by atoms with E-state index in [1.807, 2.05) is 38.2 Å². The molecule has 1 atom stereocenters. The minimum atomic E-state index is 0.405. The van der Waals surface area contributed by atoms with Crippen LogP contribution < -0.4 is 10.1 Å². The summed E-state index contributed by atoms with van der Waals surface area (Å²) in [6.07, 6.45) is 2.87. The molecule has 1 heterocycles. The van der Waals surface area contributed by atoms with E-state index >= 15 is 0 Å². The zero-order valence-corrected chi connectivity index (χ0v) is 12.4. The highest BCUT2D eigenvalue weighted by atomic mass is 16.5. The van der Waals surface area contributed by atoms with Gasteiger partial charge in [0.25, 0.3) is 0 Å². The van der Waals surface area contributed by atoms with Crippen molar-refractivity contribution in [3.05, 3.63) is 59.4 Å². The Bertz CT molecular complexity index is 533. The molecule has 0 aliphatic rings. The second kappa shape index (κ2) is 7.06. The molecule has 0 fully saturated rings. The first-order valence-electron chi connectivity index (χ1n) is 7.05. The summed E-state index contributed by atoms with van der Waals surface area (Å²) in [6, 6.07) is 12.7. The second-order valence-corrected chi connectivity index (χ2v) is 4.87. The molecule has 2 rings (SSSR count). The third-order valence-corrected chi connectivity index (χ3v) is 3.53. The van der Waals surface area contributed by atoms with Crippen LogP contribution in [0.5, 0.6) is 5.75 Å². The minimum Gasteiger partial charge on any atom is -0.487 e. The summed E-state index contributed by atoms with van der Waals surface area (Å²) >= 11 is 0. The van der Waals surface area contributed by atoms with Gasteiger partial charge >= 0.3 is 0 Å². The Labute approximate surface area is 121 Å². The molecule has 3 nitrogen and oxygen atoms in total. The van der Waals surface area contributed by atoms with E-state index in [-0.39, 0.29) is 0 Å². The summed E-state index contributed by atoms with van der Waals surface area (Å²) in [5.74, 6) is 0.879. The summed E-state index contributed by atoms with van der Waals surface area (Å²) in [5, 5.41) is 3.30. The molecule has 0 spiro atoms. The lowest BCUT2D eigenvalue weighted by molar-refractivity contribution is 0.300. The molecule has 106 valence electrons. The van der Waals surface area contributed by atoms with Crippen molar-refractivity contribution in [2.45, 2.75) is 32.9 Å². The van der Waals surface area contributed by atoms with Gasteiger partial charge in [0.2, 0.25) is 0 Å². The van der Waals surface area contributed by atoms with Gasteiger partial charge in [-0.05, 0) is 49.7 Å². The van der Waals surface area contributed by atoms with Gasteiger partial charge in [-0.3, -0.25) is 4.98 Å². The van der Waals surface area contributed by atoms with E-state index in [4.69, 9.17) is 4.74 Å². The summed E-state index contributed by atoms with van der Waals surface area (Å²) in [4.78, 5) is 4.33. The van der Waals surface area contributed by atoms with Crippen molar-refractivity contribution >= 4 is 0 Å². The molecular formula is C17H22N2O. The number of benzene rings is 1. The Morgan fingerprint density at radius 3 is 2.55 bits per heavy atom. The van der Waals surface area contributed by atoms with Crippen LogP contribution in [0.1, 0.15) is 36.2 Å². The molecule has 0 saturated carbocycles. The Hall–Kier alpha value is -1.87. The number of nitrogens with one attached hydrogen (secondary N) is 1. The van der Waals surface area contributed by atoms with Gasteiger partial charge in [0.1, 0.15) is 12.4 Å². The van der Waals surface area contributed by atoms with E-state index in [1.54, 1.807) is 6.20 Å². The molecule has 0 aliphatic carbocycles. The SMILES string of the molecule is CCC(NC)c1ccc(OCc2ncccc2C)cc1. The fraction of sp³-hybridized carbons (Fsp3) is 0.353. The van der Waals surface area contributed by atoms with Crippen LogP contribution in [0.25, 0.3) is 0 Å². The maximum atomic E-state index is 5.79. The number of rotatable bonds is 6. The topological polar surface area (TPSA) is 34.1 Å². The van der Waals surface area contributed by atoms with Crippen molar-refractivity contribution in [3.63, 3.8) is 0 Å². The van der Waals surface area contributed by atoms with E-state index < -0.39 is 0 Å². The molecule has 0 amide bonds. The highest BCUT2D eigenvalue weighted by Gasteiger charge is 2.06. The average Bonchev–Trinajstić information content (AvgIpc) is 2.49. The van der Waals surface area contributed by atoms with Gasteiger partial charge in [-0.2, -0.15) is 0 Å². The van der Waals surface area contributed by atoms with Crippen LogP contribution >= 0.6 is 0 Å². The number of pyridine rings is 1. The summed E-state index contributed by atoms with van der Waals surface area (Å²) in [6.45, 7) is 4.73. The van der Waals surface area contributed by atoms with Gasteiger partial charge in [0.05, 0.1) is 5.69 Å². The van der Waals surface area contributed by atoms with E-state index in [9.17, 15) is 0 Å². The maximum absolute atomic E-state index is 5.79. The average molecular weight is 270 g/mol. The number of ether oxygens (including phenoxy) is 1. The molecule has 0 bridgehead atoms. The summed E-state index contributed by atoms with van der Waals surface area (Å²) in [7, 11) is 1.99. The normalized spacial score (nSPS) is 12.2. The van der Waals surface area contributed by atoms with Gasteiger partial charge in [-0.1, -0.05) is 25.1 Å². The maximum Gasteiger partial charge on any atom is 0.130 e. The Kier molecular flexibility index (Phi) is 5.13. The fourth-order valence-electron chi connectivity index (χ4n) is 2.22. The minimum absolute atomic E-state index is 0.405. The van der Waals surface area contributed by atoms with Crippen molar-refractivity contribution in [2.24, 2.45) is 0 Å². The lowest BCUT2D eigenvalue weighted by Crippen LogP contribution is -2.14. The predicted molar refractivity (Wildman–Crippen MR) is 81.8 cm³/mol.